The first-order valence-electron chi connectivity index (χ1n) is 9.82. The average molecular weight is 392 g/mol. The molecule has 1 aromatic rings. The normalized spacial score (nSPS) is 19.5. The summed E-state index contributed by atoms with van der Waals surface area (Å²) in [5.74, 6) is 1.69. The van der Waals surface area contributed by atoms with E-state index in [4.69, 9.17) is 9.47 Å². The summed E-state index contributed by atoms with van der Waals surface area (Å²) in [6.07, 6.45) is 1.53. The zero-order valence-corrected chi connectivity index (χ0v) is 17.9. The number of methoxy groups -OCH3 is 1. The lowest BCUT2D eigenvalue weighted by Gasteiger charge is -2.25. The van der Waals surface area contributed by atoms with E-state index in [1.165, 1.54) is 4.90 Å². The summed E-state index contributed by atoms with van der Waals surface area (Å²) in [5.41, 5.74) is 0.197. The van der Waals surface area contributed by atoms with E-state index in [1.807, 2.05) is 44.0 Å². The van der Waals surface area contributed by atoms with Gasteiger partial charge in [0.25, 0.3) is 5.91 Å². The summed E-state index contributed by atoms with van der Waals surface area (Å²) in [6.45, 7) is 9.33. The number of nitrogens with zero attached hydrogens (tertiary/aromatic N) is 2. The minimum Gasteiger partial charge on any atom is -0.493 e. The number of ether oxygens (including phenoxy) is 2. The van der Waals surface area contributed by atoms with Gasteiger partial charge in [-0.25, -0.2) is 9.69 Å². The fourth-order valence-electron chi connectivity index (χ4n) is 3.31. The van der Waals surface area contributed by atoms with Crippen LogP contribution in [-0.2, 0) is 11.3 Å². The Morgan fingerprint density at radius 2 is 1.96 bits per heavy atom. The molecule has 1 aromatic carbocycles. The number of amides is 3. The molecule has 0 saturated carbocycles. The van der Waals surface area contributed by atoms with Crippen LogP contribution in [0.15, 0.2) is 18.2 Å². The highest BCUT2D eigenvalue weighted by Crippen LogP contribution is 2.29. The van der Waals surface area contributed by atoms with Gasteiger partial charge < -0.3 is 14.8 Å². The van der Waals surface area contributed by atoms with Crippen LogP contribution in [0.1, 0.15) is 46.1 Å². The third kappa shape index (κ3) is 5.16. The Balaban J connectivity index is 2.01. The van der Waals surface area contributed by atoms with Crippen LogP contribution in [0.3, 0.4) is 0 Å². The first kappa shape index (κ1) is 22.0. The van der Waals surface area contributed by atoms with Gasteiger partial charge in [0.15, 0.2) is 11.5 Å². The average Bonchev–Trinajstić information content (AvgIpc) is 2.85. The molecule has 0 unspecified atom stereocenters. The highest BCUT2D eigenvalue weighted by atomic mass is 16.5. The number of carbonyl (C=O) groups is 2. The molecule has 1 N–H and O–H groups in total. The molecule has 0 spiro atoms. The molecule has 3 amide bonds. The van der Waals surface area contributed by atoms with E-state index in [0.29, 0.717) is 37.0 Å². The summed E-state index contributed by atoms with van der Waals surface area (Å²) < 4.78 is 10.9. The van der Waals surface area contributed by atoms with Gasteiger partial charge in [-0.1, -0.05) is 19.9 Å². The molecule has 1 fully saturated rings. The van der Waals surface area contributed by atoms with Gasteiger partial charge in [0.2, 0.25) is 0 Å². The van der Waals surface area contributed by atoms with Crippen LogP contribution in [0.25, 0.3) is 0 Å². The second kappa shape index (κ2) is 9.28. The molecular formula is C21H33N3O4. The Kier molecular flexibility index (Phi) is 7.29. The summed E-state index contributed by atoms with van der Waals surface area (Å²) in [5, 5.41) is 2.87. The minimum atomic E-state index is -0.815. The molecule has 1 aliphatic heterocycles. The highest BCUT2D eigenvalue weighted by molar-refractivity contribution is 6.06. The SMILES string of the molecule is CCOc1ccc(CN(C)CN2C(=O)N[C@@](C)(CCC(C)C)C2=O)cc1OC. The predicted molar refractivity (Wildman–Crippen MR) is 108 cm³/mol. The smallest absolute Gasteiger partial charge is 0.326 e. The van der Waals surface area contributed by atoms with Crippen molar-refractivity contribution in [3.63, 3.8) is 0 Å². The molecule has 1 aliphatic rings. The van der Waals surface area contributed by atoms with E-state index in [9.17, 15) is 9.59 Å². The summed E-state index contributed by atoms with van der Waals surface area (Å²) in [6, 6.07) is 5.43. The first-order chi connectivity index (χ1) is 13.2. The second-order valence-electron chi connectivity index (χ2n) is 8.00. The largest absolute Gasteiger partial charge is 0.493 e. The number of imide groups is 1. The maximum absolute atomic E-state index is 12.8. The first-order valence-corrected chi connectivity index (χ1v) is 9.82. The number of hydrogen-bond donors (Lipinski definition) is 1. The van der Waals surface area contributed by atoms with Crippen molar-refractivity contribution >= 4 is 11.9 Å². The fourth-order valence-corrected chi connectivity index (χ4v) is 3.31. The molecule has 1 atom stereocenters. The maximum Gasteiger partial charge on any atom is 0.326 e. The second-order valence-corrected chi connectivity index (χ2v) is 8.00. The van der Waals surface area contributed by atoms with Crippen LogP contribution in [0.4, 0.5) is 4.79 Å². The number of nitrogens with one attached hydrogen (secondary N) is 1. The van der Waals surface area contributed by atoms with Crippen LogP contribution in [0.2, 0.25) is 0 Å². The molecule has 1 heterocycles. The molecule has 0 aliphatic carbocycles. The lowest BCUT2D eigenvalue weighted by Crippen LogP contribution is -2.45. The Hall–Kier alpha value is -2.28. The summed E-state index contributed by atoms with van der Waals surface area (Å²) >= 11 is 0. The minimum absolute atomic E-state index is 0.158. The van der Waals surface area contributed by atoms with Gasteiger partial charge in [-0.05, 0) is 57.4 Å². The standard InChI is InChI=1S/C21H33N3O4/c1-7-28-17-9-8-16(12-18(17)27-6)13-23(5)14-24-19(25)21(4,22-20(24)26)11-10-15(2)3/h8-9,12,15H,7,10-11,13-14H2,1-6H3,(H,22,26)/t21-/m0/s1. The number of benzene rings is 1. The van der Waals surface area contributed by atoms with Crippen molar-refractivity contribution < 1.29 is 19.1 Å². The maximum atomic E-state index is 12.8. The lowest BCUT2D eigenvalue weighted by atomic mass is 9.92. The molecule has 1 saturated heterocycles. The van der Waals surface area contributed by atoms with Crippen LogP contribution < -0.4 is 14.8 Å². The van der Waals surface area contributed by atoms with Gasteiger partial charge in [-0.3, -0.25) is 9.69 Å². The Morgan fingerprint density at radius 3 is 2.57 bits per heavy atom. The Morgan fingerprint density at radius 1 is 1.25 bits per heavy atom. The van der Waals surface area contributed by atoms with Gasteiger partial charge in [0, 0.05) is 6.54 Å². The van der Waals surface area contributed by atoms with Crippen LogP contribution >= 0.6 is 0 Å². The molecule has 7 heteroatoms. The molecule has 156 valence electrons. The zero-order chi connectivity index (χ0) is 20.9. The fraction of sp³-hybridized carbons (Fsp3) is 0.619. The zero-order valence-electron chi connectivity index (χ0n) is 17.9. The predicted octanol–water partition coefficient (Wildman–Crippen LogP) is 3.23. The van der Waals surface area contributed by atoms with E-state index in [2.05, 4.69) is 19.2 Å². The monoisotopic (exact) mass is 391 g/mol. The molecular weight excluding hydrogens is 358 g/mol. The third-order valence-electron chi connectivity index (χ3n) is 4.93. The Labute approximate surface area is 168 Å². The van der Waals surface area contributed by atoms with Crippen LogP contribution in [0.5, 0.6) is 11.5 Å². The van der Waals surface area contributed by atoms with Crippen molar-refractivity contribution in [1.29, 1.82) is 0 Å². The topological polar surface area (TPSA) is 71.1 Å². The van der Waals surface area contributed by atoms with Crippen LogP contribution in [0, 0.1) is 5.92 Å². The van der Waals surface area contributed by atoms with E-state index >= 15 is 0 Å². The van der Waals surface area contributed by atoms with E-state index in [-0.39, 0.29) is 18.6 Å². The van der Waals surface area contributed by atoms with Crippen molar-refractivity contribution in [2.75, 3.05) is 27.4 Å². The molecule has 28 heavy (non-hydrogen) atoms. The molecule has 2 rings (SSSR count). The molecule has 7 nitrogen and oxygen atoms in total. The quantitative estimate of drug-likeness (QED) is 0.620. The number of urea groups is 1. The highest BCUT2D eigenvalue weighted by Gasteiger charge is 2.47. The van der Waals surface area contributed by atoms with Gasteiger partial charge >= 0.3 is 6.03 Å². The Bertz CT molecular complexity index is 707. The van der Waals surface area contributed by atoms with Gasteiger partial charge in [-0.15, -0.1) is 0 Å². The summed E-state index contributed by atoms with van der Waals surface area (Å²) in [7, 11) is 3.49. The van der Waals surface area contributed by atoms with Crippen molar-refractivity contribution in [2.24, 2.45) is 5.92 Å². The van der Waals surface area contributed by atoms with E-state index in [0.717, 1.165) is 12.0 Å². The van der Waals surface area contributed by atoms with Crippen LogP contribution in [-0.4, -0.2) is 54.7 Å². The van der Waals surface area contributed by atoms with E-state index < -0.39 is 5.54 Å². The van der Waals surface area contributed by atoms with Crippen molar-refractivity contribution in [1.82, 2.24) is 15.1 Å². The van der Waals surface area contributed by atoms with Gasteiger partial charge in [-0.2, -0.15) is 0 Å². The third-order valence-corrected chi connectivity index (χ3v) is 4.93. The summed E-state index contributed by atoms with van der Waals surface area (Å²) in [4.78, 5) is 28.4. The van der Waals surface area contributed by atoms with E-state index in [1.54, 1.807) is 7.11 Å². The lowest BCUT2D eigenvalue weighted by molar-refractivity contribution is -0.132. The number of hydrogen-bond acceptors (Lipinski definition) is 5. The molecule has 0 aromatic heterocycles. The molecule has 0 bridgehead atoms. The number of carbonyl (C=O) groups excluding carboxylic acids is 2. The molecule has 0 radical (unpaired) electrons. The van der Waals surface area contributed by atoms with Crippen molar-refractivity contribution in [2.45, 2.75) is 52.6 Å². The van der Waals surface area contributed by atoms with Crippen molar-refractivity contribution in [3.05, 3.63) is 23.8 Å². The van der Waals surface area contributed by atoms with Gasteiger partial charge in [0.05, 0.1) is 20.4 Å². The number of rotatable bonds is 10. The van der Waals surface area contributed by atoms with Gasteiger partial charge in [0.1, 0.15) is 5.54 Å². The van der Waals surface area contributed by atoms with Crippen molar-refractivity contribution in [3.8, 4) is 11.5 Å².